The van der Waals surface area contributed by atoms with Crippen LogP contribution in [0.25, 0.3) is 21.8 Å². The van der Waals surface area contributed by atoms with Crippen molar-refractivity contribution in [3.05, 3.63) is 72.3 Å². The molecule has 4 nitrogen and oxygen atoms in total. The van der Waals surface area contributed by atoms with Crippen LogP contribution in [0.3, 0.4) is 0 Å². The monoisotopic (exact) mass is 344 g/mol. The third-order valence-electron chi connectivity index (χ3n) is 4.98. The maximum atomic E-state index is 6.13. The number of para-hydroxylation sites is 1. The predicted octanol–water partition coefficient (Wildman–Crippen LogP) is 4.46. The van der Waals surface area contributed by atoms with Crippen LogP contribution in [-0.4, -0.2) is 17.4 Å². The van der Waals surface area contributed by atoms with E-state index >= 15 is 0 Å². The van der Waals surface area contributed by atoms with Crippen molar-refractivity contribution in [2.75, 3.05) is 6.61 Å². The van der Waals surface area contributed by atoms with E-state index < -0.39 is 0 Å². The molecule has 0 radical (unpaired) electrons. The van der Waals surface area contributed by atoms with E-state index in [1.54, 1.807) is 0 Å². The summed E-state index contributed by atoms with van der Waals surface area (Å²) in [6.45, 7) is 2.45. The van der Waals surface area contributed by atoms with Crippen molar-refractivity contribution >= 4 is 21.8 Å². The molecule has 2 N–H and O–H groups in total. The van der Waals surface area contributed by atoms with Crippen molar-refractivity contribution in [3.63, 3.8) is 0 Å². The number of nitrogens with two attached hydrogens (primary N) is 1. The standard InChI is InChI=1S/C22H20N2O2/c1-14(23)26-19-11-6-10-17-21(19)16-9-5-12-20-22(16)24(17)18(13-25-20)15-7-3-2-4-8-15/h2-12,14,18H,13,23H2,1H3/t14-,18?/m0/s1. The summed E-state index contributed by atoms with van der Waals surface area (Å²) in [5, 5.41) is 2.22. The Balaban J connectivity index is 1.87. The van der Waals surface area contributed by atoms with Crippen LogP contribution >= 0.6 is 0 Å². The summed E-state index contributed by atoms with van der Waals surface area (Å²) in [7, 11) is 0. The second kappa shape index (κ2) is 5.78. The zero-order chi connectivity index (χ0) is 17.7. The molecule has 1 unspecified atom stereocenters. The van der Waals surface area contributed by atoms with Crippen LogP contribution < -0.4 is 15.2 Å². The largest absolute Gasteiger partial charge is 0.489 e. The van der Waals surface area contributed by atoms with Crippen molar-refractivity contribution in [1.29, 1.82) is 0 Å². The Morgan fingerprint density at radius 1 is 1.04 bits per heavy atom. The molecule has 0 aliphatic carbocycles. The van der Waals surface area contributed by atoms with Crippen molar-refractivity contribution < 1.29 is 9.47 Å². The lowest BCUT2D eigenvalue weighted by atomic mass is 10.1. The fraction of sp³-hybridized carbons (Fsp3) is 0.182. The van der Waals surface area contributed by atoms with Crippen molar-refractivity contribution in [3.8, 4) is 11.5 Å². The molecule has 0 spiro atoms. The number of ether oxygens (including phenoxy) is 2. The molecule has 5 rings (SSSR count). The zero-order valence-corrected chi connectivity index (χ0v) is 14.6. The second-order valence-corrected chi connectivity index (χ2v) is 6.73. The minimum Gasteiger partial charge on any atom is -0.489 e. The summed E-state index contributed by atoms with van der Waals surface area (Å²) >= 11 is 0. The maximum absolute atomic E-state index is 6.13. The van der Waals surface area contributed by atoms with Crippen LogP contribution in [0.1, 0.15) is 18.5 Å². The number of nitrogens with zero attached hydrogens (tertiary/aromatic N) is 1. The number of aromatic nitrogens is 1. The third-order valence-corrected chi connectivity index (χ3v) is 4.98. The van der Waals surface area contributed by atoms with Gasteiger partial charge >= 0.3 is 0 Å². The lowest BCUT2D eigenvalue weighted by Crippen LogP contribution is -2.23. The third kappa shape index (κ3) is 2.19. The summed E-state index contributed by atoms with van der Waals surface area (Å²) < 4.78 is 14.4. The van der Waals surface area contributed by atoms with Crippen LogP contribution in [0.15, 0.2) is 66.7 Å². The Labute approximate surface area is 151 Å². The van der Waals surface area contributed by atoms with Crippen molar-refractivity contribution in [2.24, 2.45) is 5.73 Å². The van der Waals surface area contributed by atoms with Crippen LogP contribution in [0.2, 0.25) is 0 Å². The average molecular weight is 344 g/mol. The summed E-state index contributed by atoms with van der Waals surface area (Å²) in [4.78, 5) is 0. The Kier molecular flexibility index (Phi) is 3.40. The summed E-state index contributed by atoms with van der Waals surface area (Å²) in [5.41, 5.74) is 9.40. The molecule has 130 valence electrons. The van der Waals surface area contributed by atoms with Crippen LogP contribution in [0.5, 0.6) is 11.5 Å². The first-order valence-electron chi connectivity index (χ1n) is 8.89. The molecule has 1 aliphatic rings. The highest BCUT2D eigenvalue weighted by Crippen LogP contribution is 2.44. The van der Waals surface area contributed by atoms with Gasteiger partial charge in [0.15, 0.2) is 0 Å². The molecular weight excluding hydrogens is 324 g/mol. The summed E-state index contributed by atoms with van der Waals surface area (Å²) in [5.74, 6) is 1.73. The summed E-state index contributed by atoms with van der Waals surface area (Å²) in [6.07, 6.45) is -0.367. The molecular formula is C22H20N2O2. The molecule has 3 aromatic carbocycles. The Morgan fingerprint density at radius 3 is 2.65 bits per heavy atom. The van der Waals surface area contributed by atoms with E-state index in [0.29, 0.717) is 6.61 Å². The lowest BCUT2D eigenvalue weighted by molar-refractivity contribution is 0.233. The molecule has 4 aromatic rings. The first-order chi connectivity index (χ1) is 12.7. The first kappa shape index (κ1) is 15.3. The Morgan fingerprint density at radius 2 is 1.85 bits per heavy atom. The number of hydrogen-bond donors (Lipinski definition) is 1. The quantitative estimate of drug-likeness (QED) is 0.558. The Hall–Kier alpha value is -2.98. The smallest absolute Gasteiger partial charge is 0.144 e. The molecule has 0 saturated heterocycles. The number of hydrogen-bond acceptors (Lipinski definition) is 3. The van der Waals surface area contributed by atoms with E-state index in [1.807, 2.05) is 37.3 Å². The van der Waals surface area contributed by atoms with Gasteiger partial charge in [-0.15, -0.1) is 0 Å². The molecule has 26 heavy (non-hydrogen) atoms. The molecule has 0 amide bonds. The van der Waals surface area contributed by atoms with Crippen molar-refractivity contribution in [2.45, 2.75) is 19.2 Å². The lowest BCUT2D eigenvalue weighted by Gasteiger charge is -2.27. The minimum absolute atomic E-state index is 0.122. The maximum Gasteiger partial charge on any atom is 0.144 e. The number of fused-ring (bicyclic) bond motifs is 3. The fourth-order valence-corrected chi connectivity index (χ4v) is 3.99. The molecule has 4 heteroatoms. The second-order valence-electron chi connectivity index (χ2n) is 6.73. The molecule has 0 fully saturated rings. The molecule has 2 heterocycles. The van der Waals surface area contributed by atoms with Gasteiger partial charge < -0.3 is 14.0 Å². The van der Waals surface area contributed by atoms with E-state index in [0.717, 1.165) is 33.3 Å². The Bertz CT molecular complexity index is 1100. The van der Waals surface area contributed by atoms with Gasteiger partial charge in [-0.1, -0.05) is 48.5 Å². The predicted molar refractivity (Wildman–Crippen MR) is 104 cm³/mol. The topological polar surface area (TPSA) is 49.4 Å². The van der Waals surface area contributed by atoms with E-state index in [1.165, 1.54) is 5.56 Å². The SMILES string of the molecule is C[C@@H](N)Oc1cccc2c1c1cccc3c1n2C(c1ccccc1)CO3. The van der Waals surface area contributed by atoms with E-state index in [-0.39, 0.29) is 12.3 Å². The normalized spacial score (nSPS) is 17.2. The van der Waals surface area contributed by atoms with Gasteiger partial charge in [-0.05, 0) is 30.7 Å². The molecule has 0 saturated carbocycles. The van der Waals surface area contributed by atoms with Gasteiger partial charge in [0.25, 0.3) is 0 Å². The highest BCUT2D eigenvalue weighted by Gasteiger charge is 2.28. The van der Waals surface area contributed by atoms with Gasteiger partial charge in [0.2, 0.25) is 0 Å². The van der Waals surface area contributed by atoms with E-state index in [4.69, 9.17) is 15.2 Å². The average Bonchev–Trinajstić information content (AvgIpc) is 3.00. The van der Waals surface area contributed by atoms with E-state index in [9.17, 15) is 0 Å². The van der Waals surface area contributed by atoms with Gasteiger partial charge in [0.1, 0.15) is 24.3 Å². The van der Waals surface area contributed by atoms with Gasteiger partial charge in [0.05, 0.1) is 17.1 Å². The highest BCUT2D eigenvalue weighted by molar-refractivity contribution is 6.13. The highest BCUT2D eigenvalue weighted by atomic mass is 16.5. The minimum atomic E-state index is -0.367. The fourth-order valence-electron chi connectivity index (χ4n) is 3.99. The number of rotatable bonds is 3. The first-order valence-corrected chi connectivity index (χ1v) is 8.89. The molecule has 1 aromatic heterocycles. The van der Waals surface area contributed by atoms with Crippen LogP contribution in [0, 0.1) is 0 Å². The number of benzene rings is 3. The van der Waals surface area contributed by atoms with Gasteiger partial charge in [-0.3, -0.25) is 5.73 Å². The van der Waals surface area contributed by atoms with Crippen LogP contribution in [-0.2, 0) is 0 Å². The summed E-state index contributed by atoms with van der Waals surface area (Å²) in [6, 6.07) is 23.0. The van der Waals surface area contributed by atoms with Gasteiger partial charge in [-0.2, -0.15) is 0 Å². The van der Waals surface area contributed by atoms with Crippen LogP contribution in [0.4, 0.5) is 0 Å². The van der Waals surface area contributed by atoms with E-state index in [2.05, 4.69) is 41.0 Å². The molecule has 2 atom stereocenters. The van der Waals surface area contributed by atoms with Crippen molar-refractivity contribution in [1.82, 2.24) is 4.57 Å². The van der Waals surface area contributed by atoms with Gasteiger partial charge in [0, 0.05) is 10.8 Å². The molecule has 1 aliphatic heterocycles. The zero-order valence-electron chi connectivity index (χ0n) is 14.6. The molecule has 0 bridgehead atoms. The van der Waals surface area contributed by atoms with Gasteiger partial charge in [-0.25, -0.2) is 0 Å².